The number of nitrogens with zero attached hydrogens (tertiary/aromatic N) is 2. The monoisotopic (exact) mass is 300 g/mol. The molecular weight excluding hydrogens is 276 g/mol. The Morgan fingerprint density at radius 3 is 2.65 bits per heavy atom. The van der Waals surface area contributed by atoms with Gasteiger partial charge < -0.3 is 20.3 Å². The van der Waals surface area contributed by atoms with Crippen molar-refractivity contribution in [3.63, 3.8) is 0 Å². The first kappa shape index (κ1) is 18.4. The van der Waals surface area contributed by atoms with E-state index >= 15 is 0 Å². The summed E-state index contributed by atoms with van der Waals surface area (Å²) in [4.78, 5) is 16.4. The summed E-state index contributed by atoms with van der Waals surface area (Å²) in [7, 11) is 6.84. The number of aliphatic imine (C=N–C) groups is 1. The summed E-state index contributed by atoms with van der Waals surface area (Å²) in [5.41, 5.74) is 1.07. The highest BCUT2D eigenvalue weighted by molar-refractivity contribution is 7.80. The lowest BCUT2D eigenvalue weighted by Gasteiger charge is -2.12. The van der Waals surface area contributed by atoms with Gasteiger partial charge in [-0.05, 0) is 37.9 Å². The van der Waals surface area contributed by atoms with Crippen LogP contribution >= 0.6 is 12.2 Å². The Morgan fingerprint density at radius 1 is 1.50 bits per heavy atom. The number of ether oxygens (including phenoxy) is 1. The molecule has 0 unspecified atom stereocenters. The van der Waals surface area contributed by atoms with E-state index < -0.39 is 0 Å². The van der Waals surface area contributed by atoms with Crippen LogP contribution in [0.2, 0.25) is 0 Å². The topological polar surface area (TPSA) is 66.0 Å². The Morgan fingerprint density at radius 2 is 2.20 bits per heavy atom. The molecule has 0 atom stereocenters. The third-order valence-electron chi connectivity index (χ3n) is 2.36. The summed E-state index contributed by atoms with van der Waals surface area (Å²) < 4.78 is 4.61. The average Bonchev–Trinajstić information content (AvgIpc) is 2.46. The van der Waals surface area contributed by atoms with Gasteiger partial charge in [-0.15, -0.1) is 0 Å². The number of carbonyl (C=O) groups is 1. The fraction of sp³-hybridized carbons (Fsp3) is 0.615. The van der Waals surface area contributed by atoms with Crippen molar-refractivity contribution in [1.82, 2.24) is 15.5 Å². The number of thiocarbonyl (C=S) groups is 1. The quantitative estimate of drug-likeness (QED) is 0.464. The van der Waals surface area contributed by atoms with E-state index in [9.17, 15) is 4.79 Å². The minimum Gasteiger partial charge on any atom is -0.473 e. The highest BCUT2D eigenvalue weighted by Crippen LogP contribution is 2.14. The van der Waals surface area contributed by atoms with Crippen LogP contribution in [0.15, 0.2) is 16.8 Å². The van der Waals surface area contributed by atoms with Crippen molar-refractivity contribution in [2.45, 2.75) is 25.7 Å². The molecule has 0 fully saturated rings. The molecule has 1 rings (SSSR count). The van der Waals surface area contributed by atoms with E-state index in [0.717, 1.165) is 18.5 Å². The molecular formula is C13H24N4O2S. The first-order valence-corrected chi connectivity index (χ1v) is 6.86. The fourth-order valence-corrected chi connectivity index (χ4v) is 1.42. The number of nitrogens with one attached hydrogen (secondary N) is 2. The van der Waals surface area contributed by atoms with Crippen molar-refractivity contribution in [1.29, 1.82) is 0 Å². The van der Waals surface area contributed by atoms with Gasteiger partial charge in [-0.3, -0.25) is 0 Å². The summed E-state index contributed by atoms with van der Waals surface area (Å²) in [5, 5.41) is 5.55. The van der Waals surface area contributed by atoms with Gasteiger partial charge in [-0.25, -0.2) is 4.79 Å². The maximum absolute atomic E-state index is 10.8. The first-order valence-electron chi connectivity index (χ1n) is 6.46. The number of methoxy groups -OCH3 is 1. The third kappa shape index (κ3) is 10.3. The van der Waals surface area contributed by atoms with E-state index in [2.05, 4.69) is 38.7 Å². The van der Waals surface area contributed by atoms with Crippen molar-refractivity contribution in [3.05, 3.63) is 11.8 Å². The third-order valence-corrected chi connectivity index (χ3v) is 2.63. The van der Waals surface area contributed by atoms with Gasteiger partial charge in [0.2, 0.25) is 0 Å². The van der Waals surface area contributed by atoms with Gasteiger partial charge in [0.05, 0.1) is 13.4 Å². The van der Waals surface area contributed by atoms with Crippen LogP contribution in [0.4, 0.5) is 4.79 Å². The van der Waals surface area contributed by atoms with Gasteiger partial charge in [0.25, 0.3) is 5.17 Å². The molecule has 0 bridgehead atoms. The van der Waals surface area contributed by atoms with E-state index in [1.54, 1.807) is 18.3 Å². The van der Waals surface area contributed by atoms with Crippen LogP contribution in [0.3, 0.4) is 0 Å². The summed E-state index contributed by atoms with van der Waals surface area (Å²) in [5.74, 6) is 0. The lowest BCUT2D eigenvalue weighted by atomic mass is 10.1. The highest BCUT2D eigenvalue weighted by atomic mass is 32.1. The number of amides is 2. The Kier molecular flexibility index (Phi) is 10.3. The zero-order valence-corrected chi connectivity index (χ0v) is 13.4. The molecule has 0 radical (unpaired) electrons. The molecule has 6 nitrogen and oxygen atoms in total. The van der Waals surface area contributed by atoms with Crippen molar-refractivity contribution in [2.75, 3.05) is 28.3 Å². The standard InChI is InChI=1S/C8H14N2O.C5H10N2OS/c1-9-8(11)10-7-5-3-2-4-6-7;1-7(2)4-6-5(9)8-3/h5H,2-4,6H2,1H3,(H2,9,10,11);4H,1-3H3. The van der Waals surface area contributed by atoms with Crippen LogP contribution in [0.5, 0.6) is 0 Å². The Labute approximate surface area is 126 Å². The molecule has 0 aromatic heterocycles. The Hall–Kier alpha value is -1.63. The van der Waals surface area contributed by atoms with Gasteiger partial charge in [0, 0.05) is 26.8 Å². The molecule has 0 saturated heterocycles. The van der Waals surface area contributed by atoms with E-state index in [1.807, 2.05) is 14.1 Å². The maximum atomic E-state index is 10.8. The predicted octanol–water partition coefficient (Wildman–Crippen LogP) is 1.88. The zero-order chi connectivity index (χ0) is 15.4. The number of urea groups is 1. The molecule has 0 aliphatic heterocycles. The zero-order valence-electron chi connectivity index (χ0n) is 12.6. The number of allylic oxidation sites excluding steroid dienone is 2. The van der Waals surface area contributed by atoms with Gasteiger partial charge >= 0.3 is 6.03 Å². The molecule has 0 heterocycles. The van der Waals surface area contributed by atoms with Crippen LogP contribution < -0.4 is 10.6 Å². The molecule has 2 amide bonds. The Balaban J connectivity index is 0.000000370. The Bertz CT molecular complexity index is 367. The molecule has 114 valence electrons. The van der Waals surface area contributed by atoms with E-state index in [0.29, 0.717) is 0 Å². The summed E-state index contributed by atoms with van der Waals surface area (Å²) in [6, 6.07) is -0.113. The van der Waals surface area contributed by atoms with Gasteiger partial charge in [0.1, 0.15) is 0 Å². The SMILES string of the molecule is CNC(=O)NC1=CCCCC1.COC(=S)N=CN(C)C. The predicted molar refractivity (Wildman–Crippen MR) is 85.9 cm³/mol. The minimum atomic E-state index is -0.113. The normalized spacial score (nSPS) is 13.7. The van der Waals surface area contributed by atoms with Crippen LogP contribution in [-0.2, 0) is 4.74 Å². The summed E-state index contributed by atoms with van der Waals surface area (Å²) in [6.07, 6.45) is 8.23. The summed E-state index contributed by atoms with van der Waals surface area (Å²) in [6.45, 7) is 0. The van der Waals surface area contributed by atoms with Crippen molar-refractivity contribution < 1.29 is 9.53 Å². The first-order chi connectivity index (χ1) is 9.49. The molecule has 7 heteroatoms. The minimum absolute atomic E-state index is 0.113. The molecule has 1 aliphatic rings. The lowest BCUT2D eigenvalue weighted by Crippen LogP contribution is -2.32. The van der Waals surface area contributed by atoms with Crippen LogP contribution in [0, 0.1) is 0 Å². The number of hydrogen-bond donors (Lipinski definition) is 2. The number of carbonyl (C=O) groups excluding carboxylic acids is 1. The maximum Gasteiger partial charge on any atom is 0.318 e. The highest BCUT2D eigenvalue weighted by Gasteiger charge is 2.04. The molecule has 0 aromatic rings. The van der Waals surface area contributed by atoms with Crippen LogP contribution in [0.25, 0.3) is 0 Å². The molecule has 2 N–H and O–H groups in total. The second kappa shape index (κ2) is 11.2. The van der Waals surface area contributed by atoms with E-state index in [-0.39, 0.29) is 11.2 Å². The van der Waals surface area contributed by atoms with Crippen LogP contribution in [0.1, 0.15) is 25.7 Å². The second-order valence-electron chi connectivity index (χ2n) is 4.36. The lowest BCUT2D eigenvalue weighted by molar-refractivity contribution is 0.245. The van der Waals surface area contributed by atoms with Crippen molar-refractivity contribution >= 4 is 29.8 Å². The molecule has 0 aromatic carbocycles. The molecule has 20 heavy (non-hydrogen) atoms. The van der Waals surface area contributed by atoms with Gasteiger partial charge in [-0.1, -0.05) is 6.08 Å². The number of rotatable bonds is 2. The summed E-state index contributed by atoms with van der Waals surface area (Å²) >= 11 is 4.63. The largest absolute Gasteiger partial charge is 0.473 e. The molecule has 0 spiro atoms. The van der Waals surface area contributed by atoms with E-state index in [4.69, 9.17) is 0 Å². The number of hydrogen-bond acceptors (Lipinski definition) is 3. The molecule has 1 aliphatic carbocycles. The molecule has 0 saturated carbocycles. The van der Waals surface area contributed by atoms with Crippen molar-refractivity contribution in [3.8, 4) is 0 Å². The fourth-order valence-electron chi connectivity index (χ4n) is 1.38. The smallest absolute Gasteiger partial charge is 0.318 e. The van der Waals surface area contributed by atoms with Crippen molar-refractivity contribution in [2.24, 2.45) is 4.99 Å². The van der Waals surface area contributed by atoms with Crippen LogP contribution in [-0.4, -0.2) is 50.7 Å². The van der Waals surface area contributed by atoms with Gasteiger partial charge in [-0.2, -0.15) is 4.99 Å². The second-order valence-corrected chi connectivity index (χ2v) is 4.71. The van der Waals surface area contributed by atoms with E-state index in [1.165, 1.54) is 20.0 Å². The average molecular weight is 300 g/mol. The van der Waals surface area contributed by atoms with Gasteiger partial charge in [0.15, 0.2) is 0 Å².